The number of imide groups is 1. The van der Waals surface area contributed by atoms with E-state index in [0.29, 0.717) is 41.8 Å². The molecule has 0 bridgehead atoms. The van der Waals surface area contributed by atoms with Gasteiger partial charge in [0.2, 0.25) is 11.7 Å². The summed E-state index contributed by atoms with van der Waals surface area (Å²) in [5.74, 6) is 1.05. The highest BCUT2D eigenvalue weighted by Gasteiger charge is 2.55. The molecule has 2 atom stereocenters. The van der Waals surface area contributed by atoms with Gasteiger partial charge in [0.15, 0.2) is 12.1 Å². The molecule has 5 rings (SSSR count). The number of rotatable bonds is 8. The van der Waals surface area contributed by atoms with Crippen molar-refractivity contribution in [1.29, 1.82) is 0 Å². The van der Waals surface area contributed by atoms with E-state index in [1.165, 1.54) is 5.01 Å². The van der Waals surface area contributed by atoms with Gasteiger partial charge in [-0.05, 0) is 50.2 Å². The van der Waals surface area contributed by atoms with Crippen molar-refractivity contribution in [1.82, 2.24) is 15.1 Å². The molecule has 0 radical (unpaired) electrons. The minimum atomic E-state index is -0.917. The molecule has 1 aromatic heterocycles. The number of nitrogens with zero attached hydrogens (tertiary/aromatic N) is 6. The van der Waals surface area contributed by atoms with Gasteiger partial charge in [0.25, 0.3) is 11.8 Å². The van der Waals surface area contributed by atoms with Gasteiger partial charge in [0.1, 0.15) is 18.0 Å². The molecule has 2 aliphatic heterocycles. The SMILES string of the molecule is CCOc1ccc(N2C(=O)[C@@H]3N=NN(Cc4nc(-c5ccccc5OCC)no4)[C@H]3C2=O)cc1. The predicted octanol–water partition coefficient (Wildman–Crippen LogP) is 3.03. The lowest BCUT2D eigenvalue weighted by Crippen LogP contribution is -2.39. The number of fused-ring (bicyclic) bond motifs is 1. The summed E-state index contributed by atoms with van der Waals surface area (Å²) in [7, 11) is 0. The van der Waals surface area contributed by atoms with Crippen molar-refractivity contribution < 1.29 is 23.6 Å². The van der Waals surface area contributed by atoms with Gasteiger partial charge in [0.05, 0.1) is 24.5 Å². The Kier molecular flexibility index (Phi) is 5.66. The lowest BCUT2D eigenvalue weighted by atomic mass is 10.1. The van der Waals surface area contributed by atoms with Crippen LogP contribution in [0.1, 0.15) is 19.7 Å². The number of ether oxygens (including phenoxy) is 2. The second kappa shape index (κ2) is 8.93. The van der Waals surface area contributed by atoms with Crippen LogP contribution in [0.25, 0.3) is 11.4 Å². The van der Waals surface area contributed by atoms with Crippen molar-refractivity contribution in [3.05, 3.63) is 54.4 Å². The van der Waals surface area contributed by atoms with Gasteiger partial charge < -0.3 is 14.0 Å². The van der Waals surface area contributed by atoms with Crippen LogP contribution in [0.2, 0.25) is 0 Å². The Morgan fingerprint density at radius 3 is 2.50 bits per heavy atom. The van der Waals surface area contributed by atoms with Crippen molar-refractivity contribution in [3.8, 4) is 22.9 Å². The van der Waals surface area contributed by atoms with Crippen LogP contribution in [-0.4, -0.2) is 52.3 Å². The van der Waals surface area contributed by atoms with Crippen molar-refractivity contribution >= 4 is 17.5 Å². The average Bonchev–Trinajstić information content (AvgIpc) is 3.54. The van der Waals surface area contributed by atoms with Crippen LogP contribution in [-0.2, 0) is 16.1 Å². The number of carbonyl (C=O) groups is 2. The van der Waals surface area contributed by atoms with Crippen molar-refractivity contribution in [2.24, 2.45) is 10.3 Å². The summed E-state index contributed by atoms with van der Waals surface area (Å²) in [5, 5.41) is 13.5. The quantitative estimate of drug-likeness (QED) is 0.468. The number of carbonyl (C=O) groups excluding carboxylic acids is 2. The van der Waals surface area contributed by atoms with Crippen LogP contribution in [0.4, 0.5) is 5.69 Å². The summed E-state index contributed by atoms with van der Waals surface area (Å²) in [4.78, 5) is 31.7. The molecule has 1 fully saturated rings. The topological polar surface area (TPSA) is 123 Å². The molecule has 0 saturated carbocycles. The van der Waals surface area contributed by atoms with E-state index < -0.39 is 23.9 Å². The maximum absolute atomic E-state index is 13.2. The minimum Gasteiger partial charge on any atom is -0.494 e. The van der Waals surface area contributed by atoms with E-state index in [1.54, 1.807) is 24.3 Å². The Morgan fingerprint density at radius 2 is 1.74 bits per heavy atom. The molecular weight excluding hydrogens is 440 g/mol. The number of aromatic nitrogens is 2. The zero-order chi connectivity index (χ0) is 23.7. The van der Waals surface area contributed by atoms with Gasteiger partial charge in [0, 0.05) is 0 Å². The third-order valence-corrected chi connectivity index (χ3v) is 5.46. The molecule has 11 heteroatoms. The molecule has 3 aromatic rings. The van der Waals surface area contributed by atoms with Gasteiger partial charge in [-0.1, -0.05) is 22.5 Å². The van der Waals surface area contributed by atoms with Gasteiger partial charge in [-0.25, -0.2) is 4.90 Å². The molecule has 3 heterocycles. The summed E-state index contributed by atoms with van der Waals surface area (Å²) in [6.45, 7) is 4.83. The molecule has 2 aliphatic rings. The first-order valence-corrected chi connectivity index (χ1v) is 10.9. The number of benzene rings is 2. The third kappa shape index (κ3) is 3.74. The Balaban J connectivity index is 1.33. The smallest absolute Gasteiger partial charge is 0.263 e. The Labute approximate surface area is 194 Å². The highest BCUT2D eigenvalue weighted by atomic mass is 16.5. The van der Waals surface area contributed by atoms with Crippen molar-refractivity contribution in [2.75, 3.05) is 18.1 Å². The first kappa shape index (κ1) is 21.6. The number of para-hydroxylation sites is 1. The number of amides is 2. The zero-order valence-corrected chi connectivity index (χ0v) is 18.6. The lowest BCUT2D eigenvalue weighted by molar-refractivity contribution is -0.123. The predicted molar refractivity (Wildman–Crippen MR) is 119 cm³/mol. The van der Waals surface area contributed by atoms with Crippen LogP contribution in [0.3, 0.4) is 0 Å². The monoisotopic (exact) mass is 462 g/mol. The summed E-state index contributed by atoms with van der Waals surface area (Å²) < 4.78 is 16.4. The molecule has 11 nitrogen and oxygen atoms in total. The van der Waals surface area contributed by atoms with Gasteiger partial charge in [-0.15, -0.1) is 0 Å². The normalized spacial score (nSPS) is 19.1. The molecule has 34 heavy (non-hydrogen) atoms. The molecule has 0 spiro atoms. The summed E-state index contributed by atoms with van der Waals surface area (Å²) >= 11 is 0. The van der Waals surface area contributed by atoms with Crippen molar-refractivity contribution in [2.45, 2.75) is 32.5 Å². The molecule has 0 unspecified atom stereocenters. The highest BCUT2D eigenvalue weighted by Crippen LogP contribution is 2.34. The lowest BCUT2D eigenvalue weighted by Gasteiger charge is -2.19. The standard InChI is InChI=1S/C23H22N6O5/c1-3-32-15-11-9-14(10-12-15)29-22(30)19-20(23(29)31)28(27-25-19)13-18-24-21(26-34-18)16-7-5-6-8-17(16)33-4-2/h5-12,19-20H,3-4,13H2,1-2H3/t19-,20-/m1/s1. The fraction of sp³-hybridized carbons (Fsp3) is 0.304. The van der Waals surface area contributed by atoms with E-state index in [0.717, 1.165) is 4.90 Å². The van der Waals surface area contributed by atoms with Crippen molar-refractivity contribution in [3.63, 3.8) is 0 Å². The van der Waals surface area contributed by atoms with E-state index in [2.05, 4.69) is 20.5 Å². The Morgan fingerprint density at radius 1 is 0.971 bits per heavy atom. The second-order valence-corrected chi connectivity index (χ2v) is 7.57. The van der Waals surface area contributed by atoms with Crippen LogP contribution >= 0.6 is 0 Å². The summed E-state index contributed by atoms with van der Waals surface area (Å²) in [5.41, 5.74) is 1.14. The highest BCUT2D eigenvalue weighted by molar-refractivity contribution is 6.25. The van der Waals surface area contributed by atoms with Gasteiger partial charge in [-0.3, -0.25) is 14.6 Å². The largest absolute Gasteiger partial charge is 0.494 e. The molecule has 0 N–H and O–H groups in total. The summed E-state index contributed by atoms with van der Waals surface area (Å²) in [6.07, 6.45) is 0. The van der Waals surface area contributed by atoms with Crippen LogP contribution in [0.15, 0.2) is 63.4 Å². The average molecular weight is 462 g/mol. The van der Waals surface area contributed by atoms with Crippen LogP contribution in [0, 0.1) is 0 Å². The Hall–Kier alpha value is -4.28. The molecular formula is C23H22N6O5. The maximum Gasteiger partial charge on any atom is 0.263 e. The number of hydrogen-bond acceptors (Lipinski definition) is 10. The van der Waals surface area contributed by atoms with Crippen LogP contribution in [0.5, 0.6) is 11.5 Å². The number of hydrogen-bond donors (Lipinski definition) is 0. The zero-order valence-electron chi connectivity index (χ0n) is 18.6. The Bertz CT molecular complexity index is 1240. The fourth-order valence-corrected chi connectivity index (χ4v) is 3.97. The van der Waals surface area contributed by atoms with E-state index in [1.807, 2.05) is 38.1 Å². The molecule has 0 aliphatic carbocycles. The second-order valence-electron chi connectivity index (χ2n) is 7.57. The summed E-state index contributed by atoms with van der Waals surface area (Å²) in [6, 6.07) is 12.4. The first-order valence-electron chi connectivity index (χ1n) is 10.9. The number of anilines is 1. The maximum atomic E-state index is 13.2. The van der Waals surface area contributed by atoms with E-state index >= 15 is 0 Å². The molecule has 2 aromatic carbocycles. The minimum absolute atomic E-state index is 0.0323. The van der Waals surface area contributed by atoms with E-state index in [4.69, 9.17) is 14.0 Å². The molecule has 1 saturated heterocycles. The fourth-order valence-electron chi connectivity index (χ4n) is 3.97. The first-order chi connectivity index (χ1) is 16.6. The molecule has 174 valence electrons. The van der Waals surface area contributed by atoms with Gasteiger partial charge >= 0.3 is 0 Å². The van der Waals surface area contributed by atoms with Crippen LogP contribution < -0.4 is 14.4 Å². The van der Waals surface area contributed by atoms with E-state index in [-0.39, 0.29) is 12.4 Å². The van der Waals surface area contributed by atoms with Gasteiger partial charge in [-0.2, -0.15) is 10.1 Å². The van der Waals surface area contributed by atoms with E-state index in [9.17, 15) is 9.59 Å². The molecule has 2 amide bonds. The third-order valence-electron chi connectivity index (χ3n) is 5.46.